The summed E-state index contributed by atoms with van der Waals surface area (Å²) in [6.45, 7) is 1.97. The SMILES string of the molecule is CCOc1cc(C=C2NC(=O)N(Cc3ccccc3F)C2=O)c(Br)cc1O. The number of carbonyl (C=O) groups is 2. The van der Waals surface area contributed by atoms with Crippen LogP contribution in [-0.4, -0.2) is 28.6 Å². The highest BCUT2D eigenvalue weighted by atomic mass is 79.9. The van der Waals surface area contributed by atoms with Gasteiger partial charge in [0, 0.05) is 10.0 Å². The van der Waals surface area contributed by atoms with Crippen LogP contribution in [0.15, 0.2) is 46.6 Å². The smallest absolute Gasteiger partial charge is 0.329 e. The van der Waals surface area contributed by atoms with Crippen LogP contribution >= 0.6 is 15.9 Å². The second-order valence-corrected chi connectivity index (χ2v) is 6.60. The minimum atomic E-state index is -0.630. The summed E-state index contributed by atoms with van der Waals surface area (Å²) in [5, 5.41) is 12.4. The van der Waals surface area contributed by atoms with Crippen molar-refractivity contribution in [2.75, 3.05) is 6.61 Å². The first-order valence-corrected chi connectivity index (χ1v) is 8.93. The largest absolute Gasteiger partial charge is 0.504 e. The number of nitrogens with zero attached hydrogens (tertiary/aromatic N) is 1. The number of halogens is 2. The molecule has 0 aromatic heterocycles. The van der Waals surface area contributed by atoms with Crippen LogP contribution in [0.3, 0.4) is 0 Å². The Hall–Kier alpha value is -2.87. The van der Waals surface area contributed by atoms with Crippen molar-refractivity contribution in [3.8, 4) is 11.5 Å². The van der Waals surface area contributed by atoms with E-state index in [1.165, 1.54) is 30.3 Å². The van der Waals surface area contributed by atoms with E-state index in [2.05, 4.69) is 21.2 Å². The number of hydrogen-bond acceptors (Lipinski definition) is 4. The lowest BCUT2D eigenvalue weighted by Crippen LogP contribution is -2.30. The van der Waals surface area contributed by atoms with Crippen molar-refractivity contribution in [1.82, 2.24) is 10.2 Å². The van der Waals surface area contributed by atoms with Crippen LogP contribution in [0.5, 0.6) is 11.5 Å². The molecule has 0 unspecified atom stereocenters. The molecule has 0 bridgehead atoms. The molecular formula is C19H16BrFN2O4. The van der Waals surface area contributed by atoms with Gasteiger partial charge in [-0.05, 0) is 36.8 Å². The van der Waals surface area contributed by atoms with E-state index >= 15 is 0 Å². The van der Waals surface area contributed by atoms with E-state index in [1.54, 1.807) is 19.1 Å². The van der Waals surface area contributed by atoms with Crippen LogP contribution < -0.4 is 10.1 Å². The van der Waals surface area contributed by atoms with Crippen molar-refractivity contribution in [1.29, 1.82) is 0 Å². The lowest BCUT2D eigenvalue weighted by molar-refractivity contribution is -0.123. The number of rotatable bonds is 5. The second-order valence-electron chi connectivity index (χ2n) is 5.75. The number of urea groups is 1. The number of ether oxygens (including phenoxy) is 1. The van der Waals surface area contributed by atoms with Gasteiger partial charge in [0.2, 0.25) is 0 Å². The molecule has 140 valence electrons. The highest BCUT2D eigenvalue weighted by Crippen LogP contribution is 2.34. The number of nitrogens with one attached hydrogen (secondary N) is 1. The Morgan fingerprint density at radius 1 is 1.30 bits per heavy atom. The molecule has 0 spiro atoms. The zero-order valence-electron chi connectivity index (χ0n) is 14.3. The molecule has 6 nitrogen and oxygen atoms in total. The summed E-state index contributed by atoms with van der Waals surface area (Å²) in [7, 11) is 0. The van der Waals surface area contributed by atoms with Crippen molar-refractivity contribution in [3.63, 3.8) is 0 Å². The van der Waals surface area contributed by atoms with Gasteiger partial charge >= 0.3 is 6.03 Å². The first-order chi connectivity index (χ1) is 12.9. The van der Waals surface area contributed by atoms with Gasteiger partial charge in [0.05, 0.1) is 13.2 Å². The van der Waals surface area contributed by atoms with Crippen molar-refractivity contribution >= 4 is 33.9 Å². The fourth-order valence-corrected chi connectivity index (χ4v) is 3.05. The maximum atomic E-state index is 13.8. The average molecular weight is 435 g/mol. The molecule has 3 rings (SSSR count). The van der Waals surface area contributed by atoms with Gasteiger partial charge in [0.1, 0.15) is 11.5 Å². The molecular weight excluding hydrogens is 419 g/mol. The molecule has 2 aromatic rings. The third kappa shape index (κ3) is 3.95. The Labute approximate surface area is 163 Å². The molecule has 2 N–H and O–H groups in total. The highest BCUT2D eigenvalue weighted by molar-refractivity contribution is 9.10. The van der Waals surface area contributed by atoms with Gasteiger partial charge in [-0.25, -0.2) is 9.18 Å². The van der Waals surface area contributed by atoms with Gasteiger partial charge in [-0.15, -0.1) is 0 Å². The quantitative estimate of drug-likeness (QED) is 0.554. The molecule has 3 amide bonds. The van der Waals surface area contributed by atoms with Gasteiger partial charge in [0.15, 0.2) is 11.5 Å². The third-order valence-electron chi connectivity index (χ3n) is 3.93. The van der Waals surface area contributed by atoms with E-state index in [0.29, 0.717) is 16.6 Å². The zero-order valence-corrected chi connectivity index (χ0v) is 15.9. The molecule has 1 saturated heterocycles. The van der Waals surface area contributed by atoms with E-state index in [0.717, 1.165) is 4.90 Å². The van der Waals surface area contributed by atoms with Gasteiger partial charge in [0.25, 0.3) is 5.91 Å². The minimum Gasteiger partial charge on any atom is -0.504 e. The van der Waals surface area contributed by atoms with Crippen molar-refractivity contribution in [3.05, 3.63) is 63.5 Å². The number of carbonyl (C=O) groups excluding carboxylic acids is 2. The Morgan fingerprint density at radius 2 is 2.04 bits per heavy atom. The molecule has 0 atom stereocenters. The molecule has 0 saturated carbocycles. The maximum Gasteiger partial charge on any atom is 0.329 e. The number of phenolic OH excluding ortho intramolecular Hbond substituents is 1. The van der Waals surface area contributed by atoms with E-state index in [4.69, 9.17) is 4.74 Å². The maximum absolute atomic E-state index is 13.8. The number of aromatic hydroxyl groups is 1. The van der Waals surface area contributed by atoms with Gasteiger partial charge in [-0.1, -0.05) is 34.1 Å². The lowest BCUT2D eigenvalue weighted by atomic mass is 10.1. The van der Waals surface area contributed by atoms with Crippen molar-refractivity contribution in [2.24, 2.45) is 0 Å². The molecule has 8 heteroatoms. The third-order valence-corrected chi connectivity index (χ3v) is 4.61. The Morgan fingerprint density at radius 3 is 2.74 bits per heavy atom. The molecule has 2 aromatic carbocycles. The van der Waals surface area contributed by atoms with Crippen LogP contribution in [0.2, 0.25) is 0 Å². The summed E-state index contributed by atoms with van der Waals surface area (Å²) in [5.41, 5.74) is 0.824. The minimum absolute atomic E-state index is 0.0465. The van der Waals surface area contributed by atoms with Crippen molar-refractivity contribution < 1.29 is 23.8 Å². The van der Waals surface area contributed by atoms with E-state index in [-0.39, 0.29) is 29.3 Å². The summed E-state index contributed by atoms with van der Waals surface area (Å²) in [4.78, 5) is 25.7. The number of phenols is 1. The van der Waals surface area contributed by atoms with E-state index in [1.807, 2.05) is 0 Å². The molecule has 1 fully saturated rings. The van der Waals surface area contributed by atoms with Crippen molar-refractivity contribution in [2.45, 2.75) is 13.5 Å². The second kappa shape index (κ2) is 7.79. The molecule has 27 heavy (non-hydrogen) atoms. The Kier molecular flexibility index (Phi) is 5.46. The number of imide groups is 1. The molecule has 1 heterocycles. The lowest BCUT2D eigenvalue weighted by Gasteiger charge is -2.12. The molecule has 1 aliphatic heterocycles. The summed E-state index contributed by atoms with van der Waals surface area (Å²) < 4.78 is 19.7. The summed E-state index contributed by atoms with van der Waals surface area (Å²) in [5.74, 6) is -0.847. The summed E-state index contributed by atoms with van der Waals surface area (Å²) >= 11 is 3.31. The number of benzene rings is 2. The highest BCUT2D eigenvalue weighted by Gasteiger charge is 2.34. The van der Waals surface area contributed by atoms with Crippen LogP contribution in [0.4, 0.5) is 9.18 Å². The monoisotopic (exact) mass is 434 g/mol. The topological polar surface area (TPSA) is 78.9 Å². The Balaban J connectivity index is 1.88. The Bertz CT molecular complexity index is 945. The molecule has 0 aliphatic carbocycles. The molecule has 1 aliphatic rings. The normalized spacial score (nSPS) is 15.4. The predicted octanol–water partition coefficient (Wildman–Crippen LogP) is 3.79. The van der Waals surface area contributed by atoms with E-state index in [9.17, 15) is 19.1 Å². The van der Waals surface area contributed by atoms with Crippen LogP contribution in [0, 0.1) is 5.82 Å². The van der Waals surface area contributed by atoms with E-state index < -0.39 is 17.8 Å². The van der Waals surface area contributed by atoms with Gasteiger partial charge < -0.3 is 15.2 Å². The van der Waals surface area contributed by atoms with Crippen LogP contribution in [0.1, 0.15) is 18.1 Å². The number of amides is 3. The first-order valence-electron chi connectivity index (χ1n) is 8.14. The van der Waals surface area contributed by atoms with Gasteiger partial charge in [-0.2, -0.15) is 0 Å². The standard InChI is InChI=1S/C19H16BrFN2O4/c1-2-27-17-8-12(13(20)9-16(17)24)7-15-18(25)23(19(26)22-15)10-11-5-3-4-6-14(11)21/h3-9,24H,2,10H2,1H3,(H,22,26). The fraction of sp³-hybridized carbons (Fsp3) is 0.158. The van der Waals surface area contributed by atoms with Crippen LogP contribution in [0.25, 0.3) is 6.08 Å². The summed E-state index contributed by atoms with van der Waals surface area (Å²) in [6.07, 6.45) is 1.47. The average Bonchev–Trinajstić information content (AvgIpc) is 2.88. The first kappa shape index (κ1) is 18.9. The zero-order chi connectivity index (χ0) is 19.6. The summed E-state index contributed by atoms with van der Waals surface area (Å²) in [6, 6.07) is 8.32. The fourth-order valence-electron chi connectivity index (χ4n) is 2.61. The predicted molar refractivity (Wildman–Crippen MR) is 100 cm³/mol. The van der Waals surface area contributed by atoms with Gasteiger partial charge in [-0.3, -0.25) is 9.69 Å². The van der Waals surface area contributed by atoms with Crippen LogP contribution in [-0.2, 0) is 11.3 Å². The molecule has 0 radical (unpaired) electrons. The number of hydrogen-bond donors (Lipinski definition) is 2.